The van der Waals surface area contributed by atoms with Crippen molar-refractivity contribution in [2.45, 2.75) is 32.2 Å². The lowest BCUT2D eigenvalue weighted by molar-refractivity contribution is 0.0949. The van der Waals surface area contributed by atoms with Gasteiger partial charge in [0.1, 0.15) is 11.6 Å². The second kappa shape index (κ2) is 12.0. The normalized spacial score (nSPS) is 10.9. The van der Waals surface area contributed by atoms with E-state index >= 15 is 0 Å². The Morgan fingerprint density at radius 1 is 0.943 bits per heavy atom. The third kappa shape index (κ3) is 6.18. The number of halogens is 1. The van der Waals surface area contributed by atoms with Gasteiger partial charge in [-0.2, -0.15) is 0 Å². The summed E-state index contributed by atoms with van der Waals surface area (Å²) in [6, 6.07) is 21.7. The molecule has 0 unspecified atom stereocenters. The number of benzene rings is 3. The number of aryl methyl sites for hydroxylation is 2. The van der Waals surface area contributed by atoms with Crippen LogP contribution in [0.25, 0.3) is 11.0 Å². The molecule has 6 nitrogen and oxygen atoms in total. The molecule has 4 rings (SSSR count). The van der Waals surface area contributed by atoms with Crippen LogP contribution in [0.5, 0.6) is 11.5 Å². The molecule has 1 heterocycles. The predicted octanol–water partition coefficient (Wildman–Crippen LogP) is 5.41. The fourth-order valence-electron chi connectivity index (χ4n) is 4.05. The number of carbonyl (C=O) groups is 1. The van der Waals surface area contributed by atoms with Gasteiger partial charge in [0.15, 0.2) is 11.5 Å². The zero-order valence-electron chi connectivity index (χ0n) is 19.9. The topological polar surface area (TPSA) is 65.4 Å². The summed E-state index contributed by atoms with van der Waals surface area (Å²) in [5.74, 6) is 1.56. The molecule has 1 N–H and O–H groups in total. The summed E-state index contributed by atoms with van der Waals surface area (Å²) in [5, 5.41) is 2.81. The van der Waals surface area contributed by atoms with Crippen LogP contribution in [-0.4, -0.2) is 35.7 Å². The van der Waals surface area contributed by atoms with Gasteiger partial charge in [0.05, 0.1) is 30.3 Å². The largest absolute Gasteiger partial charge is 0.493 e. The molecule has 0 radical (unpaired) electrons. The van der Waals surface area contributed by atoms with E-state index in [1.165, 1.54) is 12.1 Å². The molecule has 35 heavy (non-hydrogen) atoms. The van der Waals surface area contributed by atoms with E-state index in [1.807, 2.05) is 42.5 Å². The molecule has 0 saturated heterocycles. The highest BCUT2D eigenvalue weighted by Crippen LogP contribution is 2.26. The first-order valence-corrected chi connectivity index (χ1v) is 11.9. The lowest BCUT2D eigenvalue weighted by Gasteiger charge is -2.12. The van der Waals surface area contributed by atoms with E-state index < -0.39 is 11.7 Å². The first kappa shape index (κ1) is 24.3. The van der Waals surface area contributed by atoms with Gasteiger partial charge in [-0.15, -0.1) is 0 Å². The second-order valence-corrected chi connectivity index (χ2v) is 8.21. The maximum Gasteiger partial charge on any atom is 0.254 e. The number of imidazole rings is 1. The average Bonchev–Trinajstić information content (AvgIpc) is 3.24. The molecule has 1 amide bonds. The third-order valence-electron chi connectivity index (χ3n) is 5.82. The second-order valence-electron chi connectivity index (χ2n) is 8.21. The number of nitrogens with zero attached hydrogens (tertiary/aromatic N) is 2. The number of methoxy groups -OCH3 is 1. The molecule has 4 aromatic rings. The highest BCUT2D eigenvalue weighted by molar-refractivity contribution is 5.94. The molecule has 0 atom stereocenters. The number of nitrogens with one attached hydrogen (secondary N) is 1. The summed E-state index contributed by atoms with van der Waals surface area (Å²) in [4.78, 5) is 17.1. The molecule has 0 aliphatic carbocycles. The maximum atomic E-state index is 13.8. The van der Waals surface area contributed by atoms with Crippen molar-refractivity contribution in [2.75, 3.05) is 20.3 Å². The Kier molecular flexibility index (Phi) is 8.33. The van der Waals surface area contributed by atoms with E-state index in [1.54, 1.807) is 19.2 Å². The molecule has 0 bridgehead atoms. The number of hydrogen-bond acceptors (Lipinski definition) is 4. The molecule has 0 saturated carbocycles. The van der Waals surface area contributed by atoms with Crippen molar-refractivity contribution in [1.29, 1.82) is 0 Å². The standard InChI is InChI=1S/C28H30FN3O3/c1-34-25-15-6-7-16-26(25)35-20-9-8-19-32-24-14-5-4-13-23(24)31-27(32)17-10-18-30-28(33)21-11-2-3-12-22(21)29/h2-7,11-16H,8-10,17-20H2,1H3,(H,30,33). The zero-order valence-corrected chi connectivity index (χ0v) is 19.9. The minimum absolute atomic E-state index is 0.0649. The number of aromatic nitrogens is 2. The van der Waals surface area contributed by atoms with E-state index in [2.05, 4.69) is 16.0 Å². The fraction of sp³-hybridized carbons (Fsp3) is 0.286. The summed E-state index contributed by atoms with van der Waals surface area (Å²) >= 11 is 0. The van der Waals surface area contributed by atoms with Crippen LogP contribution >= 0.6 is 0 Å². The average molecular weight is 476 g/mol. The smallest absolute Gasteiger partial charge is 0.254 e. The van der Waals surface area contributed by atoms with Crippen molar-refractivity contribution in [1.82, 2.24) is 14.9 Å². The Bertz CT molecular complexity index is 1270. The van der Waals surface area contributed by atoms with Crippen LogP contribution in [0.3, 0.4) is 0 Å². The minimum Gasteiger partial charge on any atom is -0.493 e. The van der Waals surface area contributed by atoms with Gasteiger partial charge < -0.3 is 19.4 Å². The summed E-state index contributed by atoms with van der Waals surface area (Å²) in [6.45, 7) is 1.88. The molecule has 182 valence electrons. The number of fused-ring (bicyclic) bond motifs is 1. The Balaban J connectivity index is 1.30. The molecule has 0 fully saturated rings. The van der Waals surface area contributed by atoms with E-state index in [-0.39, 0.29) is 5.56 Å². The van der Waals surface area contributed by atoms with Crippen molar-refractivity contribution in [3.8, 4) is 11.5 Å². The Hall–Kier alpha value is -3.87. The van der Waals surface area contributed by atoms with Crippen LogP contribution in [0, 0.1) is 5.82 Å². The highest BCUT2D eigenvalue weighted by atomic mass is 19.1. The van der Waals surface area contributed by atoms with Gasteiger partial charge in [0, 0.05) is 19.5 Å². The number of hydrogen-bond donors (Lipinski definition) is 1. The van der Waals surface area contributed by atoms with E-state index in [0.717, 1.165) is 47.7 Å². The van der Waals surface area contributed by atoms with Gasteiger partial charge in [-0.25, -0.2) is 9.37 Å². The van der Waals surface area contributed by atoms with Crippen LogP contribution < -0.4 is 14.8 Å². The maximum absolute atomic E-state index is 13.8. The van der Waals surface area contributed by atoms with Crippen molar-refractivity contribution in [3.63, 3.8) is 0 Å². The first-order valence-electron chi connectivity index (χ1n) is 11.9. The highest BCUT2D eigenvalue weighted by Gasteiger charge is 2.12. The summed E-state index contributed by atoms with van der Waals surface area (Å²) < 4.78 is 27.3. The van der Waals surface area contributed by atoms with E-state index in [4.69, 9.17) is 14.5 Å². The number of para-hydroxylation sites is 4. The fourth-order valence-corrected chi connectivity index (χ4v) is 4.05. The quantitative estimate of drug-likeness (QED) is 0.279. The molecular formula is C28H30FN3O3. The number of amides is 1. The van der Waals surface area contributed by atoms with Crippen LogP contribution in [0.15, 0.2) is 72.8 Å². The number of unbranched alkanes of at least 4 members (excludes halogenated alkanes) is 1. The summed E-state index contributed by atoms with van der Waals surface area (Å²) in [5.41, 5.74) is 2.13. The number of ether oxygens (including phenoxy) is 2. The molecule has 7 heteroatoms. The van der Waals surface area contributed by atoms with Gasteiger partial charge in [-0.1, -0.05) is 36.4 Å². The number of carbonyl (C=O) groups excluding carboxylic acids is 1. The summed E-state index contributed by atoms with van der Waals surface area (Å²) in [7, 11) is 1.64. The molecule has 0 spiro atoms. The Morgan fingerprint density at radius 2 is 1.69 bits per heavy atom. The monoisotopic (exact) mass is 475 g/mol. The molecule has 3 aromatic carbocycles. The molecular weight excluding hydrogens is 445 g/mol. The lowest BCUT2D eigenvalue weighted by atomic mass is 10.2. The van der Waals surface area contributed by atoms with Gasteiger partial charge in [-0.05, 0) is 55.7 Å². The third-order valence-corrected chi connectivity index (χ3v) is 5.82. The van der Waals surface area contributed by atoms with Crippen molar-refractivity contribution < 1.29 is 18.7 Å². The summed E-state index contributed by atoms with van der Waals surface area (Å²) in [6.07, 6.45) is 3.25. The molecule has 0 aliphatic rings. The Labute approximate surface area is 204 Å². The molecule has 0 aliphatic heterocycles. The van der Waals surface area contributed by atoms with Gasteiger partial charge in [0.2, 0.25) is 0 Å². The van der Waals surface area contributed by atoms with Crippen LogP contribution in [-0.2, 0) is 13.0 Å². The predicted molar refractivity (Wildman–Crippen MR) is 135 cm³/mol. The van der Waals surface area contributed by atoms with Crippen molar-refractivity contribution in [3.05, 3.63) is 90.0 Å². The SMILES string of the molecule is COc1ccccc1OCCCCn1c(CCCNC(=O)c2ccccc2F)nc2ccccc21. The van der Waals surface area contributed by atoms with Crippen molar-refractivity contribution >= 4 is 16.9 Å². The van der Waals surface area contributed by atoms with Crippen LogP contribution in [0.4, 0.5) is 4.39 Å². The van der Waals surface area contributed by atoms with E-state index in [0.29, 0.717) is 26.0 Å². The first-order chi connectivity index (χ1) is 17.2. The van der Waals surface area contributed by atoms with Crippen LogP contribution in [0.2, 0.25) is 0 Å². The van der Waals surface area contributed by atoms with Gasteiger partial charge in [-0.3, -0.25) is 4.79 Å². The van der Waals surface area contributed by atoms with Crippen LogP contribution in [0.1, 0.15) is 35.4 Å². The lowest BCUT2D eigenvalue weighted by Crippen LogP contribution is -2.25. The molecule has 1 aromatic heterocycles. The van der Waals surface area contributed by atoms with E-state index in [9.17, 15) is 9.18 Å². The van der Waals surface area contributed by atoms with Gasteiger partial charge in [0.25, 0.3) is 5.91 Å². The Morgan fingerprint density at radius 3 is 2.51 bits per heavy atom. The van der Waals surface area contributed by atoms with Crippen molar-refractivity contribution in [2.24, 2.45) is 0 Å². The van der Waals surface area contributed by atoms with Gasteiger partial charge >= 0.3 is 0 Å². The minimum atomic E-state index is -0.513. The number of rotatable bonds is 12. The zero-order chi connectivity index (χ0) is 24.5.